The lowest BCUT2D eigenvalue weighted by molar-refractivity contribution is -0.385. The first-order valence-electron chi connectivity index (χ1n) is 4.66. The fraction of sp³-hybridized carbons (Fsp3) is 0.300. The lowest BCUT2D eigenvalue weighted by Gasteiger charge is -2.02. The number of rotatable bonds is 2. The smallest absolute Gasteiger partial charge is 0.275 e. The molecule has 2 aromatic rings. The summed E-state index contributed by atoms with van der Waals surface area (Å²) >= 11 is 0. The van der Waals surface area contributed by atoms with Crippen molar-refractivity contribution in [2.24, 2.45) is 0 Å². The highest BCUT2D eigenvalue weighted by atomic mass is 16.6. The van der Waals surface area contributed by atoms with Crippen molar-refractivity contribution in [3.63, 3.8) is 0 Å². The summed E-state index contributed by atoms with van der Waals surface area (Å²) < 4.78 is 4.85. The van der Waals surface area contributed by atoms with Gasteiger partial charge in [-0.15, -0.1) is 0 Å². The van der Waals surface area contributed by atoms with Crippen molar-refractivity contribution in [1.29, 1.82) is 0 Å². The summed E-state index contributed by atoms with van der Waals surface area (Å²) in [6.07, 6.45) is 2.09. The molecular weight excluding hydrogens is 196 g/mol. The zero-order valence-electron chi connectivity index (χ0n) is 8.48. The Balaban J connectivity index is 2.87. The Bertz CT molecular complexity index is 531. The Morgan fingerprint density at radius 1 is 1.60 bits per heavy atom. The molecule has 1 aromatic heterocycles. The summed E-state index contributed by atoms with van der Waals surface area (Å²) in [7, 11) is 0. The number of hydrogen-bond donors (Lipinski definition) is 0. The molecule has 0 aliphatic rings. The van der Waals surface area contributed by atoms with E-state index in [1.807, 2.05) is 13.8 Å². The van der Waals surface area contributed by atoms with Gasteiger partial charge in [-0.2, -0.15) is 0 Å². The maximum atomic E-state index is 10.8. The minimum atomic E-state index is -0.375. The van der Waals surface area contributed by atoms with Crippen molar-refractivity contribution in [2.75, 3.05) is 0 Å². The quantitative estimate of drug-likeness (QED) is 0.559. The first-order valence-corrected chi connectivity index (χ1v) is 4.66. The van der Waals surface area contributed by atoms with Crippen LogP contribution in [0, 0.1) is 17.0 Å². The van der Waals surface area contributed by atoms with E-state index >= 15 is 0 Å². The predicted molar refractivity (Wildman–Crippen MR) is 54.8 cm³/mol. The van der Waals surface area contributed by atoms with Gasteiger partial charge in [-0.1, -0.05) is 12.1 Å². The molecule has 15 heavy (non-hydrogen) atoms. The van der Waals surface area contributed by atoms with E-state index in [1.54, 1.807) is 6.07 Å². The third-order valence-corrected chi connectivity index (χ3v) is 2.49. The molecule has 0 aliphatic carbocycles. The largest absolute Gasteiger partial charge is 0.363 e. The number of nitrogens with zero attached hydrogens (tertiary/aromatic N) is 2. The summed E-state index contributed by atoms with van der Waals surface area (Å²) in [6.45, 7) is 3.68. The maximum absolute atomic E-state index is 10.8. The Kier molecular flexibility index (Phi) is 2.15. The zero-order valence-corrected chi connectivity index (χ0v) is 8.48. The monoisotopic (exact) mass is 206 g/mol. The molecule has 0 spiro atoms. The molecule has 0 saturated carbocycles. The lowest BCUT2D eigenvalue weighted by atomic mass is 10.0. The number of aryl methyl sites for hydroxylation is 2. The zero-order chi connectivity index (χ0) is 11.0. The van der Waals surface area contributed by atoms with Crippen LogP contribution in [-0.2, 0) is 6.42 Å². The van der Waals surface area contributed by atoms with Crippen molar-refractivity contribution < 1.29 is 9.45 Å². The van der Waals surface area contributed by atoms with Crippen LogP contribution in [0.1, 0.15) is 18.1 Å². The second-order valence-corrected chi connectivity index (χ2v) is 3.38. The van der Waals surface area contributed by atoms with Crippen molar-refractivity contribution in [3.8, 4) is 0 Å². The molecule has 0 fully saturated rings. The van der Waals surface area contributed by atoms with Gasteiger partial charge in [0.1, 0.15) is 11.8 Å². The van der Waals surface area contributed by atoms with Crippen LogP contribution in [0.5, 0.6) is 0 Å². The molecule has 2 rings (SSSR count). The van der Waals surface area contributed by atoms with E-state index < -0.39 is 0 Å². The molecule has 0 radical (unpaired) electrons. The average Bonchev–Trinajstić information content (AvgIpc) is 2.66. The van der Waals surface area contributed by atoms with E-state index in [9.17, 15) is 10.1 Å². The van der Waals surface area contributed by atoms with Gasteiger partial charge in [0, 0.05) is 11.5 Å². The average molecular weight is 206 g/mol. The standard InChI is InChI=1S/C10H10N2O3/c1-3-7-9(12(13)14)4-6(2)8-5-15-11-10(7)8/h4-5H,3H2,1-2H3. The molecule has 0 amide bonds. The van der Waals surface area contributed by atoms with Gasteiger partial charge in [0.2, 0.25) is 0 Å². The first kappa shape index (κ1) is 9.64. The molecule has 0 N–H and O–H groups in total. The van der Waals surface area contributed by atoms with Gasteiger partial charge in [0.15, 0.2) is 0 Å². The van der Waals surface area contributed by atoms with E-state index in [1.165, 1.54) is 6.26 Å². The maximum Gasteiger partial charge on any atom is 0.275 e. The Morgan fingerprint density at radius 3 is 2.93 bits per heavy atom. The predicted octanol–water partition coefficient (Wildman–Crippen LogP) is 2.61. The van der Waals surface area contributed by atoms with Crippen molar-refractivity contribution in [2.45, 2.75) is 20.3 Å². The number of aromatic nitrogens is 1. The molecule has 0 bridgehead atoms. The summed E-state index contributed by atoms with van der Waals surface area (Å²) in [5, 5.41) is 15.5. The first-order chi connectivity index (χ1) is 7.15. The van der Waals surface area contributed by atoms with Crippen LogP contribution in [0.15, 0.2) is 16.9 Å². The molecule has 5 heteroatoms. The fourth-order valence-corrected chi connectivity index (χ4v) is 1.74. The van der Waals surface area contributed by atoms with Crippen molar-refractivity contribution >= 4 is 16.6 Å². The second kappa shape index (κ2) is 3.34. The molecule has 5 nitrogen and oxygen atoms in total. The van der Waals surface area contributed by atoms with Crippen LogP contribution in [-0.4, -0.2) is 10.1 Å². The SMILES string of the molecule is CCc1c([N+](=O)[O-])cc(C)c2conc12. The minimum Gasteiger partial charge on any atom is -0.363 e. The van der Waals surface area contributed by atoms with Gasteiger partial charge in [0.05, 0.1) is 10.5 Å². The second-order valence-electron chi connectivity index (χ2n) is 3.38. The number of fused-ring (bicyclic) bond motifs is 1. The highest BCUT2D eigenvalue weighted by molar-refractivity contribution is 5.87. The molecule has 0 saturated heterocycles. The van der Waals surface area contributed by atoms with E-state index in [2.05, 4.69) is 5.16 Å². The highest BCUT2D eigenvalue weighted by Crippen LogP contribution is 2.30. The molecule has 1 aromatic carbocycles. The Morgan fingerprint density at radius 2 is 2.33 bits per heavy atom. The van der Waals surface area contributed by atoms with Crippen molar-refractivity contribution in [1.82, 2.24) is 5.16 Å². The third-order valence-electron chi connectivity index (χ3n) is 2.49. The molecule has 0 unspecified atom stereocenters. The molecule has 0 aliphatic heterocycles. The van der Waals surface area contributed by atoms with Gasteiger partial charge in [-0.05, 0) is 18.9 Å². The number of nitro groups is 1. The van der Waals surface area contributed by atoms with Crippen LogP contribution < -0.4 is 0 Å². The van der Waals surface area contributed by atoms with Gasteiger partial charge in [0.25, 0.3) is 5.69 Å². The molecule has 1 heterocycles. The van der Waals surface area contributed by atoms with Crippen LogP contribution in [0.2, 0.25) is 0 Å². The van der Waals surface area contributed by atoms with E-state index in [4.69, 9.17) is 4.52 Å². The lowest BCUT2D eigenvalue weighted by Crippen LogP contribution is -1.96. The van der Waals surface area contributed by atoms with Crippen molar-refractivity contribution in [3.05, 3.63) is 33.6 Å². The van der Waals surface area contributed by atoms with Gasteiger partial charge >= 0.3 is 0 Å². The summed E-state index contributed by atoms with van der Waals surface area (Å²) in [5.74, 6) is 0. The molecule has 78 valence electrons. The van der Waals surface area contributed by atoms with Crippen LogP contribution in [0.25, 0.3) is 10.9 Å². The molecule has 0 atom stereocenters. The summed E-state index contributed by atoms with van der Waals surface area (Å²) in [5.41, 5.74) is 2.17. The van der Waals surface area contributed by atoms with Crippen LogP contribution >= 0.6 is 0 Å². The fourth-order valence-electron chi connectivity index (χ4n) is 1.74. The number of benzene rings is 1. The molecular formula is C10H10N2O3. The Labute approximate surface area is 85.8 Å². The van der Waals surface area contributed by atoms with E-state index in [0.29, 0.717) is 17.5 Å². The van der Waals surface area contributed by atoms with Gasteiger partial charge in [-0.25, -0.2) is 0 Å². The van der Waals surface area contributed by atoms with E-state index in [-0.39, 0.29) is 10.6 Å². The summed E-state index contributed by atoms with van der Waals surface area (Å²) in [4.78, 5) is 10.5. The van der Waals surface area contributed by atoms with Crippen LogP contribution in [0.4, 0.5) is 5.69 Å². The normalized spacial score (nSPS) is 10.8. The van der Waals surface area contributed by atoms with Gasteiger partial charge < -0.3 is 4.52 Å². The number of nitro benzene ring substituents is 1. The highest BCUT2D eigenvalue weighted by Gasteiger charge is 2.19. The van der Waals surface area contributed by atoms with Crippen LogP contribution in [0.3, 0.4) is 0 Å². The Hall–Kier alpha value is -1.91. The third kappa shape index (κ3) is 1.36. The van der Waals surface area contributed by atoms with E-state index in [0.717, 1.165) is 10.9 Å². The number of hydrogen-bond acceptors (Lipinski definition) is 4. The topological polar surface area (TPSA) is 69.2 Å². The summed E-state index contributed by atoms with van der Waals surface area (Å²) in [6, 6.07) is 1.57. The minimum absolute atomic E-state index is 0.122. The van der Waals surface area contributed by atoms with Gasteiger partial charge in [-0.3, -0.25) is 10.1 Å².